The molecular formula is C39H51F3N8O6. The molecule has 56 heavy (non-hydrogen) atoms. The molecule has 4 heterocycles. The van der Waals surface area contributed by atoms with Crippen molar-refractivity contribution in [2.45, 2.75) is 77.6 Å². The lowest BCUT2D eigenvalue weighted by atomic mass is 10.1. The summed E-state index contributed by atoms with van der Waals surface area (Å²) < 4.78 is 62.0. The van der Waals surface area contributed by atoms with Gasteiger partial charge in [0.05, 0.1) is 18.8 Å². The number of alkyl halides is 3. The predicted octanol–water partition coefficient (Wildman–Crippen LogP) is 6.56. The van der Waals surface area contributed by atoms with Gasteiger partial charge in [-0.05, 0) is 102 Å². The Hall–Kier alpha value is -5.06. The van der Waals surface area contributed by atoms with Gasteiger partial charge in [0.25, 0.3) is 5.91 Å². The second-order valence-electron chi connectivity index (χ2n) is 15.5. The summed E-state index contributed by atoms with van der Waals surface area (Å²) in [6.07, 6.45) is 0.409. The topological polar surface area (TPSA) is 152 Å². The molecule has 0 radical (unpaired) electrons. The maximum atomic E-state index is 13.7. The van der Waals surface area contributed by atoms with Gasteiger partial charge < -0.3 is 44.7 Å². The zero-order valence-electron chi connectivity index (χ0n) is 32.2. The number of carbonyl (C=O) groups is 2. The van der Waals surface area contributed by atoms with Crippen LogP contribution in [-0.4, -0.2) is 108 Å². The summed E-state index contributed by atoms with van der Waals surface area (Å²) in [5, 5.41) is 9.15. The minimum atomic E-state index is -4.61. The highest BCUT2D eigenvalue weighted by molar-refractivity contribution is 5.97. The maximum absolute atomic E-state index is 13.7. The Morgan fingerprint density at radius 3 is 2.27 bits per heavy atom. The second kappa shape index (κ2) is 17.8. The largest absolute Gasteiger partial charge is 0.494 e. The monoisotopic (exact) mass is 784 g/mol. The molecule has 6 bridgehead atoms. The van der Waals surface area contributed by atoms with Crippen LogP contribution < -0.4 is 30.2 Å². The zero-order chi connectivity index (χ0) is 39.8. The highest BCUT2D eigenvalue weighted by Crippen LogP contribution is 2.46. The van der Waals surface area contributed by atoms with Crippen molar-refractivity contribution in [2.75, 3.05) is 69.7 Å². The highest BCUT2D eigenvalue weighted by atomic mass is 19.4. The Morgan fingerprint density at radius 2 is 1.59 bits per heavy atom. The summed E-state index contributed by atoms with van der Waals surface area (Å²) in [5.74, 6) is 0.479. The van der Waals surface area contributed by atoms with E-state index < -0.39 is 30.5 Å². The Morgan fingerprint density at radius 1 is 0.893 bits per heavy atom. The summed E-state index contributed by atoms with van der Waals surface area (Å²) in [5.41, 5.74) is 0.909. The number of benzene rings is 2. The molecule has 2 fully saturated rings. The quantitative estimate of drug-likeness (QED) is 0.238. The number of anilines is 3. The minimum absolute atomic E-state index is 0.0212. The van der Waals surface area contributed by atoms with Gasteiger partial charge in [-0.25, -0.2) is 4.79 Å². The number of ether oxygens (including phenoxy) is 4. The maximum Gasteiger partial charge on any atom is 0.422 e. The van der Waals surface area contributed by atoms with Crippen molar-refractivity contribution in [1.29, 1.82) is 0 Å². The number of hydrogen-bond acceptors (Lipinski definition) is 12. The van der Waals surface area contributed by atoms with Crippen molar-refractivity contribution in [3.63, 3.8) is 0 Å². The molecule has 2 amide bonds. The molecule has 4 aliphatic rings. The Balaban J connectivity index is 1.25. The van der Waals surface area contributed by atoms with Gasteiger partial charge in [0.2, 0.25) is 11.9 Å². The minimum Gasteiger partial charge on any atom is -0.494 e. The van der Waals surface area contributed by atoms with Crippen LogP contribution in [0.15, 0.2) is 42.5 Å². The fourth-order valence-corrected chi connectivity index (χ4v) is 6.47. The molecule has 17 heteroatoms. The van der Waals surface area contributed by atoms with E-state index in [9.17, 15) is 22.8 Å². The smallest absolute Gasteiger partial charge is 0.422 e. The number of rotatable bonds is 7. The fourth-order valence-electron chi connectivity index (χ4n) is 6.47. The van der Waals surface area contributed by atoms with Crippen molar-refractivity contribution in [1.82, 2.24) is 30.1 Å². The average Bonchev–Trinajstić information content (AvgIpc) is 3.71. The SMILES string of the molecule is CC(C)(C)OC(=O)N1CCCOc2ccc(cc2)CNc2nc(nc(OCC(F)(F)F)n2)Nc2ccc(C(=O)NCC3(CN4CCCC4)CC3)c(c2)OCCC1. The van der Waals surface area contributed by atoms with E-state index in [1.165, 1.54) is 12.8 Å². The number of aromatic nitrogens is 3. The summed E-state index contributed by atoms with van der Waals surface area (Å²) in [7, 11) is 0. The predicted molar refractivity (Wildman–Crippen MR) is 203 cm³/mol. The summed E-state index contributed by atoms with van der Waals surface area (Å²) >= 11 is 0. The van der Waals surface area contributed by atoms with E-state index in [1.807, 2.05) is 32.9 Å². The van der Waals surface area contributed by atoms with E-state index in [1.54, 1.807) is 35.2 Å². The van der Waals surface area contributed by atoms with E-state index >= 15 is 0 Å². The molecule has 0 atom stereocenters. The Kier molecular flexibility index (Phi) is 12.9. The van der Waals surface area contributed by atoms with Crippen molar-refractivity contribution >= 4 is 29.6 Å². The van der Waals surface area contributed by atoms with Crippen LogP contribution >= 0.6 is 0 Å². The molecule has 1 saturated heterocycles. The van der Waals surface area contributed by atoms with Gasteiger partial charge in [0, 0.05) is 49.9 Å². The fraction of sp³-hybridized carbons (Fsp3) is 0.564. The first-order valence-corrected chi connectivity index (χ1v) is 19.1. The van der Waals surface area contributed by atoms with Gasteiger partial charge >= 0.3 is 18.3 Å². The third-order valence-corrected chi connectivity index (χ3v) is 9.50. The number of nitrogens with one attached hydrogen (secondary N) is 3. The van der Waals surface area contributed by atoms with Gasteiger partial charge in [-0.15, -0.1) is 0 Å². The van der Waals surface area contributed by atoms with Crippen LogP contribution in [0, 0.1) is 5.41 Å². The normalized spacial score (nSPS) is 17.9. The van der Waals surface area contributed by atoms with Crippen molar-refractivity contribution < 1.29 is 41.7 Å². The molecule has 3 aliphatic heterocycles. The molecule has 14 nitrogen and oxygen atoms in total. The van der Waals surface area contributed by atoms with Crippen LogP contribution in [0.4, 0.5) is 35.5 Å². The van der Waals surface area contributed by atoms with Crippen LogP contribution in [-0.2, 0) is 11.3 Å². The molecule has 0 unspecified atom stereocenters. The lowest BCUT2D eigenvalue weighted by Crippen LogP contribution is -2.39. The van der Waals surface area contributed by atoms with Crippen molar-refractivity contribution in [3.05, 3.63) is 53.6 Å². The van der Waals surface area contributed by atoms with Gasteiger partial charge in [0.1, 0.15) is 17.1 Å². The first-order chi connectivity index (χ1) is 26.7. The number of amides is 2. The second-order valence-corrected chi connectivity index (χ2v) is 15.5. The highest BCUT2D eigenvalue weighted by Gasteiger charge is 2.44. The van der Waals surface area contributed by atoms with Crippen LogP contribution in [0.2, 0.25) is 0 Å². The third kappa shape index (κ3) is 12.5. The number of fused-ring (bicyclic) bond motifs is 11. The van der Waals surface area contributed by atoms with Crippen LogP contribution in [0.5, 0.6) is 17.5 Å². The average molecular weight is 785 g/mol. The number of halogens is 3. The molecule has 1 saturated carbocycles. The van der Waals surface area contributed by atoms with Crippen molar-refractivity contribution in [3.8, 4) is 17.5 Å². The van der Waals surface area contributed by atoms with E-state index in [0.717, 1.165) is 38.0 Å². The molecular weight excluding hydrogens is 733 g/mol. The lowest BCUT2D eigenvalue weighted by Gasteiger charge is -2.27. The molecule has 0 spiro atoms. The Labute approximate surface area is 324 Å². The van der Waals surface area contributed by atoms with E-state index in [0.29, 0.717) is 56.1 Å². The molecule has 3 N–H and O–H groups in total. The van der Waals surface area contributed by atoms with Crippen LogP contribution in [0.1, 0.15) is 75.2 Å². The van der Waals surface area contributed by atoms with Crippen LogP contribution in [0.25, 0.3) is 0 Å². The first kappa shape index (κ1) is 40.6. The van der Waals surface area contributed by atoms with E-state index in [-0.39, 0.29) is 42.1 Å². The molecule has 3 aromatic rings. The third-order valence-electron chi connectivity index (χ3n) is 9.50. The zero-order valence-corrected chi connectivity index (χ0v) is 32.2. The van der Waals surface area contributed by atoms with Gasteiger partial charge in [-0.2, -0.15) is 28.1 Å². The number of hydrogen-bond donors (Lipinski definition) is 3. The number of likely N-dealkylation sites (tertiary alicyclic amines) is 1. The number of nitrogens with zero attached hydrogens (tertiary/aromatic N) is 5. The van der Waals surface area contributed by atoms with E-state index in [4.69, 9.17) is 18.9 Å². The van der Waals surface area contributed by atoms with Gasteiger partial charge in [-0.1, -0.05) is 12.1 Å². The molecule has 1 aliphatic carbocycles. The lowest BCUT2D eigenvalue weighted by molar-refractivity contribution is -0.154. The van der Waals surface area contributed by atoms with E-state index in [2.05, 4.69) is 35.8 Å². The summed E-state index contributed by atoms with van der Waals surface area (Å²) in [4.78, 5) is 43.5. The summed E-state index contributed by atoms with van der Waals surface area (Å²) in [6.45, 7) is 8.97. The molecule has 2 aromatic carbocycles. The summed E-state index contributed by atoms with van der Waals surface area (Å²) in [6, 6.07) is 11.6. The van der Waals surface area contributed by atoms with Crippen molar-refractivity contribution in [2.24, 2.45) is 5.41 Å². The van der Waals surface area contributed by atoms with Gasteiger partial charge in [-0.3, -0.25) is 4.79 Å². The van der Waals surface area contributed by atoms with Gasteiger partial charge in [0.15, 0.2) is 6.61 Å². The molecule has 304 valence electrons. The first-order valence-electron chi connectivity index (χ1n) is 19.1. The number of carbonyl (C=O) groups excluding carboxylic acids is 2. The molecule has 7 rings (SSSR count). The Bertz CT molecular complexity index is 1800. The standard InChI is InChI=1S/C39H51F3N8O6/c1-37(2,3)56-36(52)50-18-6-20-53-29-11-8-27(9-12-29)23-43-33-46-34(48-35(47-33)55-26-39(40,41)42)45-28-10-13-30(31(22-28)54-21-7-19-50)32(51)44-24-38(14-15-38)25-49-16-4-5-17-49/h8-13,22H,4-7,14-21,23-26H2,1-3H3,(H,44,51)(H2,43,45,46,47,48). The molecule has 1 aromatic heterocycles. The van der Waals surface area contributed by atoms with Crippen LogP contribution in [0.3, 0.4) is 0 Å².